The van der Waals surface area contributed by atoms with E-state index in [4.69, 9.17) is 0 Å². The van der Waals surface area contributed by atoms with Crippen molar-refractivity contribution in [2.75, 3.05) is 11.9 Å². The van der Waals surface area contributed by atoms with Crippen LogP contribution in [0.25, 0.3) is 6.08 Å². The van der Waals surface area contributed by atoms with E-state index in [1.54, 1.807) is 5.56 Å². The lowest BCUT2D eigenvalue weighted by molar-refractivity contribution is 0.765. The van der Waals surface area contributed by atoms with Gasteiger partial charge in [-0.15, -0.1) is 0 Å². The standard InChI is InChI=1S/C11H11N/c1-3-8-4-2-6-10-11(8)9(5-1)7-12-10/h1-4,6,9,12H,5,7H2. The van der Waals surface area contributed by atoms with Crippen molar-refractivity contribution in [2.45, 2.75) is 12.3 Å². The van der Waals surface area contributed by atoms with E-state index in [9.17, 15) is 0 Å². The first-order valence-corrected chi connectivity index (χ1v) is 4.48. The molecule has 0 fully saturated rings. The topological polar surface area (TPSA) is 12.0 Å². The third-order valence-electron chi connectivity index (χ3n) is 2.81. The summed E-state index contributed by atoms with van der Waals surface area (Å²) >= 11 is 0. The molecule has 0 aromatic heterocycles. The van der Waals surface area contributed by atoms with Gasteiger partial charge in [0, 0.05) is 18.2 Å². The van der Waals surface area contributed by atoms with Gasteiger partial charge in [-0.25, -0.2) is 0 Å². The Morgan fingerprint density at radius 3 is 3.33 bits per heavy atom. The van der Waals surface area contributed by atoms with E-state index in [0.29, 0.717) is 0 Å². The van der Waals surface area contributed by atoms with Crippen LogP contribution < -0.4 is 5.32 Å². The average Bonchev–Trinajstić information content (AvgIpc) is 2.52. The molecule has 12 heavy (non-hydrogen) atoms. The van der Waals surface area contributed by atoms with Gasteiger partial charge in [-0.1, -0.05) is 24.3 Å². The van der Waals surface area contributed by atoms with Gasteiger partial charge in [0.05, 0.1) is 0 Å². The Labute approximate surface area is 72.1 Å². The molecule has 1 aromatic carbocycles. The summed E-state index contributed by atoms with van der Waals surface area (Å²) < 4.78 is 0. The van der Waals surface area contributed by atoms with E-state index in [0.717, 1.165) is 12.5 Å². The normalized spacial score (nSPS) is 23.5. The predicted octanol–water partition coefficient (Wildman–Crippen LogP) is 2.61. The van der Waals surface area contributed by atoms with Crippen LogP contribution in [0.4, 0.5) is 5.69 Å². The molecule has 0 bridgehead atoms. The van der Waals surface area contributed by atoms with Crippen LogP contribution in [0.2, 0.25) is 0 Å². The van der Waals surface area contributed by atoms with Gasteiger partial charge in [-0.05, 0) is 23.6 Å². The highest BCUT2D eigenvalue weighted by Gasteiger charge is 2.24. The molecule has 0 amide bonds. The monoisotopic (exact) mass is 157 g/mol. The van der Waals surface area contributed by atoms with Gasteiger partial charge in [0.25, 0.3) is 0 Å². The summed E-state index contributed by atoms with van der Waals surface area (Å²) in [6.07, 6.45) is 5.73. The number of rotatable bonds is 0. The molecular weight excluding hydrogens is 146 g/mol. The minimum Gasteiger partial charge on any atom is -0.384 e. The Balaban J connectivity index is 2.30. The average molecular weight is 157 g/mol. The predicted molar refractivity (Wildman–Crippen MR) is 51.3 cm³/mol. The molecule has 1 heterocycles. The molecule has 1 N–H and O–H groups in total. The van der Waals surface area contributed by atoms with Crippen molar-refractivity contribution in [2.24, 2.45) is 0 Å². The zero-order valence-electron chi connectivity index (χ0n) is 6.88. The summed E-state index contributed by atoms with van der Waals surface area (Å²) in [5.74, 6) is 0.737. The third kappa shape index (κ3) is 0.685. The molecule has 0 saturated heterocycles. The Bertz CT molecular complexity index is 352. The summed E-state index contributed by atoms with van der Waals surface area (Å²) in [6.45, 7) is 1.12. The molecule has 3 rings (SSSR count). The zero-order chi connectivity index (χ0) is 7.97. The second-order valence-electron chi connectivity index (χ2n) is 3.52. The van der Waals surface area contributed by atoms with Crippen molar-refractivity contribution in [3.8, 4) is 0 Å². The SMILES string of the molecule is C1=Cc2cccc3c2C(C1)CN3. The first kappa shape index (κ1) is 6.30. The molecule has 1 heteroatoms. The van der Waals surface area contributed by atoms with E-state index < -0.39 is 0 Å². The number of allylic oxidation sites excluding steroid dienone is 1. The fourth-order valence-electron chi connectivity index (χ4n) is 2.23. The van der Waals surface area contributed by atoms with Crippen LogP contribution in [0.5, 0.6) is 0 Å². The second-order valence-corrected chi connectivity index (χ2v) is 3.52. The van der Waals surface area contributed by atoms with E-state index in [1.165, 1.54) is 17.7 Å². The van der Waals surface area contributed by atoms with Crippen LogP contribution in [-0.2, 0) is 0 Å². The van der Waals surface area contributed by atoms with Crippen LogP contribution in [0.1, 0.15) is 23.5 Å². The van der Waals surface area contributed by atoms with E-state index in [1.807, 2.05) is 0 Å². The first-order chi connectivity index (χ1) is 5.95. The van der Waals surface area contributed by atoms with E-state index in [-0.39, 0.29) is 0 Å². The summed E-state index contributed by atoms with van der Waals surface area (Å²) in [5, 5.41) is 3.44. The molecule has 1 unspecified atom stereocenters. The number of anilines is 1. The summed E-state index contributed by atoms with van der Waals surface area (Å²) in [6, 6.07) is 6.51. The maximum Gasteiger partial charge on any atom is 0.0382 e. The highest BCUT2D eigenvalue weighted by Crippen LogP contribution is 2.39. The summed E-state index contributed by atoms with van der Waals surface area (Å²) in [5.41, 5.74) is 4.30. The lowest BCUT2D eigenvalue weighted by atomic mass is 9.89. The van der Waals surface area contributed by atoms with Crippen molar-refractivity contribution in [3.05, 3.63) is 35.4 Å². The lowest BCUT2D eigenvalue weighted by Gasteiger charge is -2.14. The third-order valence-corrected chi connectivity index (χ3v) is 2.81. The van der Waals surface area contributed by atoms with Gasteiger partial charge in [0.2, 0.25) is 0 Å². The quantitative estimate of drug-likeness (QED) is 0.610. The molecule has 1 atom stereocenters. The van der Waals surface area contributed by atoms with Crippen molar-refractivity contribution in [1.29, 1.82) is 0 Å². The number of nitrogens with one attached hydrogen (secondary N) is 1. The van der Waals surface area contributed by atoms with E-state index in [2.05, 4.69) is 35.7 Å². The Morgan fingerprint density at radius 2 is 2.33 bits per heavy atom. The van der Waals surface area contributed by atoms with Crippen LogP contribution in [0.15, 0.2) is 24.3 Å². The number of hydrogen-bond donors (Lipinski definition) is 1. The van der Waals surface area contributed by atoms with Gasteiger partial charge >= 0.3 is 0 Å². The Kier molecular flexibility index (Phi) is 1.12. The van der Waals surface area contributed by atoms with Crippen molar-refractivity contribution >= 4 is 11.8 Å². The van der Waals surface area contributed by atoms with Gasteiger partial charge in [0.15, 0.2) is 0 Å². The number of hydrogen-bond acceptors (Lipinski definition) is 1. The number of benzene rings is 1. The largest absolute Gasteiger partial charge is 0.384 e. The molecule has 1 nitrogen and oxygen atoms in total. The summed E-state index contributed by atoms with van der Waals surface area (Å²) in [7, 11) is 0. The maximum atomic E-state index is 3.44. The van der Waals surface area contributed by atoms with Gasteiger partial charge in [0.1, 0.15) is 0 Å². The van der Waals surface area contributed by atoms with Crippen molar-refractivity contribution < 1.29 is 0 Å². The second kappa shape index (κ2) is 2.13. The fourth-order valence-corrected chi connectivity index (χ4v) is 2.23. The Hall–Kier alpha value is -1.24. The zero-order valence-corrected chi connectivity index (χ0v) is 6.88. The maximum absolute atomic E-state index is 3.44. The van der Waals surface area contributed by atoms with Crippen LogP contribution in [-0.4, -0.2) is 6.54 Å². The van der Waals surface area contributed by atoms with E-state index >= 15 is 0 Å². The minimum absolute atomic E-state index is 0.737. The highest BCUT2D eigenvalue weighted by molar-refractivity contribution is 5.70. The molecule has 0 radical (unpaired) electrons. The lowest BCUT2D eigenvalue weighted by Crippen LogP contribution is -2.03. The molecule has 1 aliphatic carbocycles. The van der Waals surface area contributed by atoms with Crippen molar-refractivity contribution in [3.63, 3.8) is 0 Å². The molecule has 0 spiro atoms. The molecule has 1 aliphatic heterocycles. The Morgan fingerprint density at radius 1 is 1.33 bits per heavy atom. The van der Waals surface area contributed by atoms with Gasteiger partial charge < -0.3 is 5.32 Å². The molecule has 1 aromatic rings. The fraction of sp³-hybridized carbons (Fsp3) is 0.273. The molecular formula is C11H11N. The van der Waals surface area contributed by atoms with Crippen LogP contribution >= 0.6 is 0 Å². The van der Waals surface area contributed by atoms with Gasteiger partial charge in [-0.3, -0.25) is 0 Å². The minimum atomic E-state index is 0.737. The van der Waals surface area contributed by atoms with Crippen LogP contribution in [0, 0.1) is 0 Å². The van der Waals surface area contributed by atoms with Gasteiger partial charge in [-0.2, -0.15) is 0 Å². The van der Waals surface area contributed by atoms with Crippen molar-refractivity contribution in [1.82, 2.24) is 0 Å². The smallest absolute Gasteiger partial charge is 0.0382 e. The highest BCUT2D eigenvalue weighted by atomic mass is 14.9. The summed E-state index contributed by atoms with van der Waals surface area (Å²) in [4.78, 5) is 0. The molecule has 2 aliphatic rings. The van der Waals surface area contributed by atoms with Crippen LogP contribution in [0.3, 0.4) is 0 Å². The molecule has 60 valence electrons. The molecule has 0 saturated carbocycles. The first-order valence-electron chi connectivity index (χ1n) is 4.48.